The van der Waals surface area contributed by atoms with Gasteiger partial charge in [-0.1, -0.05) is 12.1 Å². The lowest BCUT2D eigenvalue weighted by Crippen LogP contribution is -2.48. The number of furan rings is 1. The van der Waals surface area contributed by atoms with Crippen molar-refractivity contribution >= 4 is 17.9 Å². The second-order valence-corrected chi connectivity index (χ2v) is 7.22. The van der Waals surface area contributed by atoms with Crippen molar-refractivity contribution in [2.45, 2.75) is 6.18 Å². The summed E-state index contributed by atoms with van der Waals surface area (Å²) in [7, 11) is 0. The Balaban J connectivity index is 1.37. The standard InChI is InChI=1S/C23H19F3N2O3/c24-23(25,26)18-5-7-19(8-6-18)27-11-13-28(14-12-27)22(30)17-3-1-16(2-4-17)21-10-9-20(15-29)31-21/h1-10,15H,11-14H2. The number of alkyl halides is 3. The van der Waals surface area contributed by atoms with E-state index in [-0.39, 0.29) is 11.7 Å². The van der Waals surface area contributed by atoms with E-state index in [2.05, 4.69) is 0 Å². The van der Waals surface area contributed by atoms with E-state index < -0.39 is 11.7 Å². The summed E-state index contributed by atoms with van der Waals surface area (Å²) < 4.78 is 43.6. The summed E-state index contributed by atoms with van der Waals surface area (Å²) in [4.78, 5) is 27.3. The lowest BCUT2D eigenvalue weighted by molar-refractivity contribution is -0.137. The first kappa shape index (κ1) is 20.7. The Labute approximate surface area is 176 Å². The van der Waals surface area contributed by atoms with Crippen LogP contribution in [0.3, 0.4) is 0 Å². The molecule has 0 unspecified atom stereocenters. The third kappa shape index (κ3) is 4.47. The van der Waals surface area contributed by atoms with Gasteiger partial charge in [0, 0.05) is 43.0 Å². The molecule has 2 heterocycles. The fraction of sp³-hybridized carbons (Fsp3) is 0.217. The molecule has 0 N–H and O–H groups in total. The van der Waals surface area contributed by atoms with E-state index in [1.807, 2.05) is 4.90 Å². The Kier molecular flexibility index (Phi) is 5.54. The number of rotatable bonds is 4. The summed E-state index contributed by atoms with van der Waals surface area (Å²) in [5.41, 5.74) is 1.33. The lowest BCUT2D eigenvalue weighted by atomic mass is 10.1. The van der Waals surface area contributed by atoms with Crippen molar-refractivity contribution in [3.63, 3.8) is 0 Å². The summed E-state index contributed by atoms with van der Waals surface area (Å²) in [5.74, 6) is 0.680. The van der Waals surface area contributed by atoms with Gasteiger partial charge >= 0.3 is 6.18 Å². The van der Waals surface area contributed by atoms with E-state index >= 15 is 0 Å². The van der Waals surface area contributed by atoms with E-state index in [1.54, 1.807) is 41.3 Å². The Morgan fingerprint density at radius 3 is 2.06 bits per heavy atom. The van der Waals surface area contributed by atoms with Gasteiger partial charge in [-0.25, -0.2) is 0 Å². The zero-order valence-electron chi connectivity index (χ0n) is 16.4. The van der Waals surface area contributed by atoms with E-state index in [0.29, 0.717) is 49.5 Å². The van der Waals surface area contributed by atoms with Crippen LogP contribution in [0.2, 0.25) is 0 Å². The minimum atomic E-state index is -4.35. The van der Waals surface area contributed by atoms with Crippen LogP contribution in [-0.4, -0.2) is 43.3 Å². The summed E-state index contributed by atoms with van der Waals surface area (Å²) in [5, 5.41) is 0. The zero-order valence-corrected chi connectivity index (χ0v) is 16.4. The molecule has 0 atom stereocenters. The fourth-order valence-electron chi connectivity index (χ4n) is 3.56. The van der Waals surface area contributed by atoms with Gasteiger partial charge in [-0.15, -0.1) is 0 Å². The number of aldehydes is 1. The maximum atomic E-state index is 12.8. The maximum Gasteiger partial charge on any atom is 0.416 e. The van der Waals surface area contributed by atoms with Crippen LogP contribution in [0, 0.1) is 0 Å². The van der Waals surface area contributed by atoms with Gasteiger partial charge in [0.25, 0.3) is 5.91 Å². The Bertz CT molecular complexity index is 1060. The molecule has 0 aliphatic carbocycles. The first-order valence-electron chi connectivity index (χ1n) is 9.72. The maximum absolute atomic E-state index is 12.8. The van der Waals surface area contributed by atoms with Crippen LogP contribution >= 0.6 is 0 Å². The van der Waals surface area contributed by atoms with Crippen LogP contribution in [0.5, 0.6) is 0 Å². The third-order valence-corrected chi connectivity index (χ3v) is 5.29. The van der Waals surface area contributed by atoms with Gasteiger partial charge in [0.05, 0.1) is 5.56 Å². The van der Waals surface area contributed by atoms with E-state index in [4.69, 9.17) is 4.42 Å². The van der Waals surface area contributed by atoms with Crippen molar-refractivity contribution in [3.05, 3.63) is 77.6 Å². The van der Waals surface area contributed by atoms with Crippen molar-refractivity contribution in [2.75, 3.05) is 31.1 Å². The number of hydrogen-bond donors (Lipinski definition) is 0. The number of carbonyl (C=O) groups excluding carboxylic acids is 2. The van der Waals surface area contributed by atoms with E-state index in [0.717, 1.165) is 17.7 Å². The molecule has 1 aliphatic rings. The normalized spacial score (nSPS) is 14.5. The van der Waals surface area contributed by atoms with Gasteiger partial charge in [0.2, 0.25) is 0 Å². The molecular weight excluding hydrogens is 409 g/mol. The monoisotopic (exact) mass is 428 g/mol. The minimum Gasteiger partial charge on any atom is -0.453 e. The topological polar surface area (TPSA) is 53.8 Å². The van der Waals surface area contributed by atoms with Crippen molar-refractivity contribution in [3.8, 4) is 11.3 Å². The number of amides is 1. The molecule has 5 nitrogen and oxygen atoms in total. The third-order valence-electron chi connectivity index (χ3n) is 5.29. The molecule has 1 fully saturated rings. The predicted molar refractivity (Wildman–Crippen MR) is 109 cm³/mol. The van der Waals surface area contributed by atoms with Gasteiger partial charge in [-0.05, 0) is 48.5 Å². The van der Waals surface area contributed by atoms with Crippen molar-refractivity contribution < 1.29 is 27.2 Å². The van der Waals surface area contributed by atoms with Gasteiger partial charge in [0.1, 0.15) is 5.76 Å². The first-order valence-corrected chi connectivity index (χ1v) is 9.72. The van der Waals surface area contributed by atoms with E-state index in [1.165, 1.54) is 12.1 Å². The molecule has 2 aromatic carbocycles. The zero-order chi connectivity index (χ0) is 22.0. The fourth-order valence-corrected chi connectivity index (χ4v) is 3.56. The quantitative estimate of drug-likeness (QED) is 0.564. The Hall–Kier alpha value is -3.55. The largest absolute Gasteiger partial charge is 0.453 e. The highest BCUT2D eigenvalue weighted by Gasteiger charge is 2.30. The van der Waals surface area contributed by atoms with Crippen LogP contribution in [0.1, 0.15) is 26.5 Å². The molecule has 0 spiro atoms. The van der Waals surface area contributed by atoms with Crippen molar-refractivity contribution in [2.24, 2.45) is 0 Å². The number of piperazine rings is 1. The number of benzene rings is 2. The first-order chi connectivity index (χ1) is 14.8. The van der Waals surface area contributed by atoms with Gasteiger partial charge < -0.3 is 14.2 Å². The molecule has 0 saturated carbocycles. The highest BCUT2D eigenvalue weighted by Crippen LogP contribution is 2.31. The summed E-state index contributed by atoms with van der Waals surface area (Å²) in [6.45, 7) is 2.02. The molecule has 1 aromatic heterocycles. The molecule has 8 heteroatoms. The molecule has 1 amide bonds. The minimum absolute atomic E-state index is 0.105. The lowest BCUT2D eigenvalue weighted by Gasteiger charge is -2.36. The highest BCUT2D eigenvalue weighted by atomic mass is 19.4. The predicted octanol–water partition coefficient (Wildman–Crippen LogP) is 4.74. The Morgan fingerprint density at radius 1 is 0.871 bits per heavy atom. The van der Waals surface area contributed by atoms with Crippen LogP contribution < -0.4 is 4.90 Å². The molecule has 0 radical (unpaired) electrons. The average molecular weight is 428 g/mol. The van der Waals surface area contributed by atoms with Crippen molar-refractivity contribution in [1.29, 1.82) is 0 Å². The Morgan fingerprint density at radius 2 is 1.52 bits per heavy atom. The molecule has 0 bridgehead atoms. The second-order valence-electron chi connectivity index (χ2n) is 7.22. The smallest absolute Gasteiger partial charge is 0.416 e. The van der Waals surface area contributed by atoms with Crippen LogP contribution in [-0.2, 0) is 6.18 Å². The van der Waals surface area contributed by atoms with Crippen molar-refractivity contribution in [1.82, 2.24) is 4.90 Å². The number of anilines is 1. The average Bonchev–Trinajstić information content (AvgIpc) is 3.28. The van der Waals surface area contributed by atoms with E-state index in [9.17, 15) is 22.8 Å². The van der Waals surface area contributed by atoms with Gasteiger partial charge in [0.15, 0.2) is 12.0 Å². The molecule has 4 rings (SSSR count). The van der Waals surface area contributed by atoms with Gasteiger partial charge in [-0.2, -0.15) is 13.2 Å². The molecule has 160 valence electrons. The number of carbonyl (C=O) groups is 2. The SMILES string of the molecule is O=Cc1ccc(-c2ccc(C(=O)N3CCN(c4ccc(C(F)(F)F)cc4)CC3)cc2)o1. The van der Waals surface area contributed by atoms with Crippen LogP contribution in [0.15, 0.2) is 65.1 Å². The highest BCUT2D eigenvalue weighted by molar-refractivity contribution is 5.94. The molecule has 31 heavy (non-hydrogen) atoms. The number of halogens is 3. The van der Waals surface area contributed by atoms with Gasteiger partial charge in [-0.3, -0.25) is 9.59 Å². The molecule has 1 aliphatic heterocycles. The molecule has 1 saturated heterocycles. The number of nitrogens with zero attached hydrogens (tertiary/aromatic N) is 2. The summed E-state index contributed by atoms with van der Waals surface area (Å²) in [6, 6.07) is 15.3. The van der Waals surface area contributed by atoms with Crippen LogP contribution in [0.4, 0.5) is 18.9 Å². The molecular formula is C23H19F3N2O3. The molecule has 3 aromatic rings. The van der Waals surface area contributed by atoms with Crippen LogP contribution in [0.25, 0.3) is 11.3 Å². The second kappa shape index (κ2) is 8.29. The summed E-state index contributed by atoms with van der Waals surface area (Å²) >= 11 is 0. The summed E-state index contributed by atoms with van der Waals surface area (Å²) in [6.07, 6.45) is -3.72. The number of hydrogen-bond acceptors (Lipinski definition) is 4.